The zero-order valence-electron chi connectivity index (χ0n) is 10.7. The maximum absolute atomic E-state index is 11.6. The van der Waals surface area contributed by atoms with E-state index in [1.165, 1.54) is 0 Å². The van der Waals surface area contributed by atoms with Gasteiger partial charge >= 0.3 is 6.03 Å². The van der Waals surface area contributed by atoms with Crippen LogP contribution in [0.5, 0.6) is 0 Å². The van der Waals surface area contributed by atoms with Crippen molar-refractivity contribution in [1.29, 1.82) is 0 Å². The summed E-state index contributed by atoms with van der Waals surface area (Å²) in [6.45, 7) is 6.53. The molecule has 0 aromatic heterocycles. The van der Waals surface area contributed by atoms with Crippen molar-refractivity contribution in [3.8, 4) is 0 Å². The second kappa shape index (κ2) is 6.25. The Balaban J connectivity index is 2.40. The van der Waals surface area contributed by atoms with Crippen LogP contribution in [-0.2, 0) is 0 Å². The van der Waals surface area contributed by atoms with Crippen LogP contribution in [0.3, 0.4) is 0 Å². The maximum atomic E-state index is 11.6. The molecule has 1 aromatic rings. The van der Waals surface area contributed by atoms with E-state index in [9.17, 15) is 4.79 Å². The Kier molecular flexibility index (Phi) is 4.97. The van der Waals surface area contributed by atoms with Gasteiger partial charge < -0.3 is 16.4 Å². The van der Waals surface area contributed by atoms with Crippen LogP contribution in [0.4, 0.5) is 10.5 Å². The van der Waals surface area contributed by atoms with Crippen LogP contribution < -0.4 is 16.4 Å². The van der Waals surface area contributed by atoms with Gasteiger partial charge in [-0.2, -0.15) is 0 Å². The molecule has 1 atom stereocenters. The summed E-state index contributed by atoms with van der Waals surface area (Å²) in [5, 5.41) is 5.53. The second-order valence-electron chi connectivity index (χ2n) is 4.61. The van der Waals surface area contributed by atoms with Crippen molar-refractivity contribution >= 4 is 11.7 Å². The van der Waals surface area contributed by atoms with Gasteiger partial charge in [0, 0.05) is 18.3 Å². The molecule has 2 amide bonds. The summed E-state index contributed by atoms with van der Waals surface area (Å²) in [6, 6.07) is 7.43. The normalized spacial score (nSPS) is 12.3. The quantitative estimate of drug-likeness (QED) is 0.748. The number of anilines is 1. The summed E-state index contributed by atoms with van der Waals surface area (Å²) in [6.07, 6.45) is 0. The first-order valence-electron chi connectivity index (χ1n) is 5.86. The van der Waals surface area contributed by atoms with Crippen LogP contribution in [0.15, 0.2) is 24.3 Å². The number of rotatable bonds is 4. The van der Waals surface area contributed by atoms with E-state index in [1.807, 2.05) is 45.0 Å². The standard InChI is InChI=1S/C13H21N3O/c1-9(2)12(14)8-15-13(17)16-11-6-4-5-10(3)7-11/h4-7,9,12H,8,14H2,1-3H3,(H2,15,16,17). The van der Waals surface area contributed by atoms with E-state index in [1.54, 1.807) is 0 Å². The minimum absolute atomic E-state index is 0.0155. The largest absolute Gasteiger partial charge is 0.336 e. The minimum Gasteiger partial charge on any atom is -0.336 e. The number of carbonyl (C=O) groups excluding carboxylic acids is 1. The van der Waals surface area contributed by atoms with E-state index < -0.39 is 0 Å². The molecule has 1 unspecified atom stereocenters. The Morgan fingerprint density at radius 1 is 1.41 bits per heavy atom. The molecule has 0 spiro atoms. The Bertz CT molecular complexity index is 377. The molecule has 0 radical (unpaired) electrons. The molecule has 0 aliphatic heterocycles. The van der Waals surface area contributed by atoms with E-state index in [2.05, 4.69) is 10.6 Å². The summed E-state index contributed by atoms with van der Waals surface area (Å²) in [5.74, 6) is 0.356. The van der Waals surface area contributed by atoms with Crippen LogP contribution in [0.1, 0.15) is 19.4 Å². The lowest BCUT2D eigenvalue weighted by atomic mass is 10.1. The molecule has 0 saturated carbocycles. The lowest BCUT2D eigenvalue weighted by molar-refractivity contribution is 0.250. The topological polar surface area (TPSA) is 67.2 Å². The molecule has 4 nitrogen and oxygen atoms in total. The molecule has 94 valence electrons. The van der Waals surface area contributed by atoms with Crippen LogP contribution in [-0.4, -0.2) is 18.6 Å². The molecule has 0 aliphatic carbocycles. The van der Waals surface area contributed by atoms with Crippen molar-refractivity contribution in [2.45, 2.75) is 26.8 Å². The van der Waals surface area contributed by atoms with E-state index >= 15 is 0 Å². The molecule has 0 aliphatic rings. The molecule has 0 saturated heterocycles. The summed E-state index contributed by atoms with van der Waals surface area (Å²) >= 11 is 0. The van der Waals surface area contributed by atoms with Gasteiger partial charge in [0.25, 0.3) is 0 Å². The number of aryl methyl sites for hydroxylation is 1. The molecule has 1 rings (SSSR count). The number of nitrogens with two attached hydrogens (primary N) is 1. The molecule has 1 aromatic carbocycles. The van der Waals surface area contributed by atoms with Gasteiger partial charge in [-0.25, -0.2) is 4.79 Å². The first kappa shape index (κ1) is 13.5. The van der Waals surface area contributed by atoms with Crippen molar-refractivity contribution in [1.82, 2.24) is 5.32 Å². The van der Waals surface area contributed by atoms with Gasteiger partial charge in [0.05, 0.1) is 0 Å². The van der Waals surface area contributed by atoms with E-state index in [0.29, 0.717) is 12.5 Å². The molecule has 0 bridgehead atoms. The average molecular weight is 235 g/mol. The zero-order chi connectivity index (χ0) is 12.8. The highest BCUT2D eigenvalue weighted by atomic mass is 16.2. The Hall–Kier alpha value is -1.55. The van der Waals surface area contributed by atoms with Crippen LogP contribution in [0.25, 0.3) is 0 Å². The van der Waals surface area contributed by atoms with Gasteiger partial charge in [-0.1, -0.05) is 26.0 Å². The van der Waals surface area contributed by atoms with E-state index in [0.717, 1.165) is 11.3 Å². The van der Waals surface area contributed by atoms with E-state index in [4.69, 9.17) is 5.73 Å². The van der Waals surface area contributed by atoms with Crippen LogP contribution in [0.2, 0.25) is 0 Å². The van der Waals surface area contributed by atoms with Gasteiger partial charge in [-0.3, -0.25) is 0 Å². The minimum atomic E-state index is -0.216. The van der Waals surface area contributed by atoms with Crippen molar-refractivity contribution in [2.75, 3.05) is 11.9 Å². The smallest absolute Gasteiger partial charge is 0.319 e. The Labute approximate surface area is 103 Å². The zero-order valence-corrected chi connectivity index (χ0v) is 10.7. The summed E-state index contributed by atoms with van der Waals surface area (Å²) < 4.78 is 0. The van der Waals surface area contributed by atoms with Crippen molar-refractivity contribution in [2.24, 2.45) is 11.7 Å². The molecule has 4 heteroatoms. The first-order valence-corrected chi connectivity index (χ1v) is 5.86. The number of hydrogen-bond donors (Lipinski definition) is 3. The number of carbonyl (C=O) groups is 1. The summed E-state index contributed by atoms with van der Waals surface area (Å²) in [7, 11) is 0. The van der Waals surface area contributed by atoms with Gasteiger partial charge in [0.15, 0.2) is 0 Å². The predicted molar refractivity (Wildman–Crippen MR) is 71.0 cm³/mol. The molecular formula is C13H21N3O. The lowest BCUT2D eigenvalue weighted by Crippen LogP contribution is -2.42. The SMILES string of the molecule is Cc1cccc(NC(=O)NCC(N)C(C)C)c1. The lowest BCUT2D eigenvalue weighted by Gasteiger charge is -2.16. The Morgan fingerprint density at radius 3 is 2.71 bits per heavy atom. The summed E-state index contributed by atoms with van der Waals surface area (Å²) in [5.41, 5.74) is 7.74. The molecule has 4 N–H and O–H groups in total. The number of urea groups is 1. The average Bonchev–Trinajstić information content (AvgIpc) is 2.25. The number of benzene rings is 1. The number of amides is 2. The predicted octanol–water partition coefficient (Wildman–Crippen LogP) is 2.10. The monoisotopic (exact) mass is 235 g/mol. The highest BCUT2D eigenvalue weighted by Crippen LogP contribution is 2.08. The third-order valence-corrected chi connectivity index (χ3v) is 2.63. The van der Waals surface area contributed by atoms with Crippen molar-refractivity contribution in [3.63, 3.8) is 0 Å². The fourth-order valence-electron chi connectivity index (χ4n) is 1.34. The van der Waals surface area contributed by atoms with Gasteiger partial charge in [-0.15, -0.1) is 0 Å². The maximum Gasteiger partial charge on any atom is 0.319 e. The molecule has 0 heterocycles. The fourth-order valence-corrected chi connectivity index (χ4v) is 1.34. The third-order valence-electron chi connectivity index (χ3n) is 2.63. The Morgan fingerprint density at radius 2 is 2.12 bits per heavy atom. The van der Waals surface area contributed by atoms with Gasteiger partial charge in [0.2, 0.25) is 0 Å². The van der Waals surface area contributed by atoms with Crippen LogP contribution in [0, 0.1) is 12.8 Å². The van der Waals surface area contributed by atoms with Crippen molar-refractivity contribution in [3.05, 3.63) is 29.8 Å². The fraction of sp³-hybridized carbons (Fsp3) is 0.462. The number of hydrogen-bond acceptors (Lipinski definition) is 2. The molecule has 0 fully saturated rings. The summed E-state index contributed by atoms with van der Waals surface area (Å²) in [4.78, 5) is 11.6. The van der Waals surface area contributed by atoms with Gasteiger partial charge in [-0.05, 0) is 30.5 Å². The van der Waals surface area contributed by atoms with E-state index in [-0.39, 0.29) is 12.1 Å². The van der Waals surface area contributed by atoms with Gasteiger partial charge in [0.1, 0.15) is 0 Å². The highest BCUT2D eigenvalue weighted by molar-refractivity contribution is 5.89. The first-order chi connectivity index (χ1) is 7.99. The van der Waals surface area contributed by atoms with Crippen LogP contribution >= 0.6 is 0 Å². The molecule has 17 heavy (non-hydrogen) atoms. The van der Waals surface area contributed by atoms with Crippen molar-refractivity contribution < 1.29 is 4.79 Å². The third kappa shape index (κ3) is 4.87. The number of nitrogens with one attached hydrogen (secondary N) is 2. The second-order valence-corrected chi connectivity index (χ2v) is 4.61. The molecular weight excluding hydrogens is 214 g/mol. The highest BCUT2D eigenvalue weighted by Gasteiger charge is 2.09.